The molecule has 0 bridgehead atoms. The summed E-state index contributed by atoms with van der Waals surface area (Å²) in [4.78, 5) is 10.3. The molecule has 0 unspecified atom stereocenters. The van der Waals surface area contributed by atoms with Crippen molar-refractivity contribution < 1.29 is 4.74 Å². The standard InChI is InChI=1S/C10H16BrN3O/c1-3-14(4-2)5-6-15-10-12-7-9(11)8-13-10/h7-8H,3-6H2,1-2H3. The van der Waals surface area contributed by atoms with Gasteiger partial charge in [0.15, 0.2) is 0 Å². The highest BCUT2D eigenvalue weighted by atomic mass is 79.9. The van der Waals surface area contributed by atoms with Crippen LogP contribution >= 0.6 is 15.9 Å². The Morgan fingerprint density at radius 1 is 1.27 bits per heavy atom. The van der Waals surface area contributed by atoms with E-state index >= 15 is 0 Å². The van der Waals surface area contributed by atoms with Crippen molar-refractivity contribution >= 4 is 15.9 Å². The van der Waals surface area contributed by atoms with Crippen LogP contribution in [0.2, 0.25) is 0 Å². The highest BCUT2D eigenvalue weighted by Gasteiger charge is 2.00. The van der Waals surface area contributed by atoms with Crippen LogP contribution in [0.1, 0.15) is 13.8 Å². The van der Waals surface area contributed by atoms with Gasteiger partial charge in [-0.05, 0) is 29.0 Å². The van der Waals surface area contributed by atoms with E-state index in [4.69, 9.17) is 4.74 Å². The topological polar surface area (TPSA) is 38.2 Å². The second kappa shape index (κ2) is 6.74. The van der Waals surface area contributed by atoms with E-state index in [2.05, 4.69) is 44.6 Å². The van der Waals surface area contributed by atoms with E-state index < -0.39 is 0 Å². The zero-order valence-corrected chi connectivity index (χ0v) is 10.7. The van der Waals surface area contributed by atoms with Crippen LogP contribution in [0.25, 0.3) is 0 Å². The minimum absolute atomic E-state index is 0.436. The number of nitrogens with zero attached hydrogens (tertiary/aromatic N) is 3. The fourth-order valence-electron chi connectivity index (χ4n) is 1.18. The summed E-state index contributed by atoms with van der Waals surface area (Å²) in [7, 11) is 0. The summed E-state index contributed by atoms with van der Waals surface area (Å²) in [6, 6.07) is 0.436. The number of halogens is 1. The summed E-state index contributed by atoms with van der Waals surface area (Å²) in [6.45, 7) is 7.90. The molecule has 84 valence electrons. The molecule has 0 N–H and O–H groups in total. The zero-order valence-electron chi connectivity index (χ0n) is 9.11. The Kier molecular flexibility index (Phi) is 5.57. The molecular formula is C10H16BrN3O. The van der Waals surface area contributed by atoms with Gasteiger partial charge in [-0.25, -0.2) is 9.97 Å². The average molecular weight is 274 g/mol. The van der Waals surface area contributed by atoms with Gasteiger partial charge in [0.25, 0.3) is 0 Å². The monoisotopic (exact) mass is 273 g/mol. The normalized spacial score (nSPS) is 10.7. The fourth-order valence-corrected chi connectivity index (χ4v) is 1.39. The first-order chi connectivity index (χ1) is 7.26. The Hall–Kier alpha value is -0.680. The van der Waals surface area contributed by atoms with Gasteiger partial charge >= 0.3 is 6.01 Å². The van der Waals surface area contributed by atoms with Crippen LogP contribution in [0, 0.1) is 0 Å². The summed E-state index contributed by atoms with van der Waals surface area (Å²) in [5, 5.41) is 0. The van der Waals surface area contributed by atoms with Crippen LogP contribution in [0.4, 0.5) is 0 Å². The summed E-state index contributed by atoms with van der Waals surface area (Å²) in [5.74, 6) is 0. The number of aromatic nitrogens is 2. The van der Waals surface area contributed by atoms with Crippen molar-refractivity contribution in [2.45, 2.75) is 13.8 Å². The maximum absolute atomic E-state index is 5.41. The van der Waals surface area contributed by atoms with Gasteiger partial charge in [0.2, 0.25) is 0 Å². The van der Waals surface area contributed by atoms with Crippen molar-refractivity contribution in [3.63, 3.8) is 0 Å². The van der Waals surface area contributed by atoms with Gasteiger partial charge in [0, 0.05) is 18.9 Å². The van der Waals surface area contributed by atoms with Crippen LogP contribution in [0.15, 0.2) is 16.9 Å². The molecular weight excluding hydrogens is 258 g/mol. The molecule has 1 rings (SSSR count). The number of rotatable bonds is 6. The molecule has 1 aromatic heterocycles. The first-order valence-corrected chi connectivity index (χ1v) is 5.88. The maximum atomic E-state index is 5.41. The third kappa shape index (κ3) is 4.57. The predicted molar refractivity (Wildman–Crippen MR) is 63.0 cm³/mol. The van der Waals surface area contributed by atoms with E-state index in [1.807, 2.05) is 0 Å². The molecule has 0 aromatic carbocycles. The van der Waals surface area contributed by atoms with E-state index in [9.17, 15) is 0 Å². The molecule has 5 heteroatoms. The predicted octanol–water partition coefficient (Wildman–Crippen LogP) is 1.96. The Morgan fingerprint density at radius 3 is 2.40 bits per heavy atom. The lowest BCUT2D eigenvalue weighted by atomic mass is 10.5. The molecule has 0 saturated carbocycles. The third-order valence-corrected chi connectivity index (χ3v) is 2.54. The van der Waals surface area contributed by atoms with Crippen LogP contribution in [0.5, 0.6) is 6.01 Å². The molecule has 0 amide bonds. The van der Waals surface area contributed by atoms with Crippen molar-refractivity contribution in [2.24, 2.45) is 0 Å². The number of hydrogen-bond donors (Lipinski definition) is 0. The molecule has 0 radical (unpaired) electrons. The van der Waals surface area contributed by atoms with Gasteiger partial charge in [-0.2, -0.15) is 0 Å². The Balaban J connectivity index is 2.28. The Morgan fingerprint density at radius 2 is 1.87 bits per heavy atom. The van der Waals surface area contributed by atoms with E-state index in [1.165, 1.54) is 0 Å². The highest BCUT2D eigenvalue weighted by Crippen LogP contribution is 2.07. The van der Waals surface area contributed by atoms with Gasteiger partial charge < -0.3 is 9.64 Å². The van der Waals surface area contributed by atoms with Crippen LogP contribution in [0.3, 0.4) is 0 Å². The third-order valence-electron chi connectivity index (χ3n) is 2.13. The molecule has 15 heavy (non-hydrogen) atoms. The van der Waals surface area contributed by atoms with Crippen LogP contribution in [-0.4, -0.2) is 41.1 Å². The lowest BCUT2D eigenvalue weighted by molar-refractivity contribution is 0.212. The van der Waals surface area contributed by atoms with Gasteiger partial charge in [-0.15, -0.1) is 0 Å². The summed E-state index contributed by atoms with van der Waals surface area (Å²) >= 11 is 3.27. The van der Waals surface area contributed by atoms with Crippen molar-refractivity contribution in [3.8, 4) is 6.01 Å². The molecule has 0 aliphatic heterocycles. The Bertz CT molecular complexity index is 275. The summed E-state index contributed by atoms with van der Waals surface area (Å²) < 4.78 is 6.27. The van der Waals surface area contributed by atoms with Gasteiger partial charge in [-0.1, -0.05) is 13.8 Å². The van der Waals surface area contributed by atoms with Crippen molar-refractivity contribution in [1.82, 2.24) is 14.9 Å². The molecule has 0 aliphatic carbocycles. The minimum atomic E-state index is 0.436. The number of likely N-dealkylation sites (N-methyl/N-ethyl adjacent to an activating group) is 1. The second-order valence-corrected chi connectivity index (χ2v) is 3.97. The fraction of sp³-hybridized carbons (Fsp3) is 0.600. The summed E-state index contributed by atoms with van der Waals surface area (Å²) in [5.41, 5.74) is 0. The average Bonchev–Trinajstić information content (AvgIpc) is 2.27. The van der Waals surface area contributed by atoms with E-state index in [1.54, 1.807) is 12.4 Å². The summed E-state index contributed by atoms with van der Waals surface area (Å²) in [6.07, 6.45) is 3.36. The maximum Gasteiger partial charge on any atom is 0.316 e. The van der Waals surface area contributed by atoms with Crippen LogP contribution < -0.4 is 4.74 Å². The quantitative estimate of drug-likeness (QED) is 0.794. The van der Waals surface area contributed by atoms with Crippen molar-refractivity contribution in [3.05, 3.63) is 16.9 Å². The smallest absolute Gasteiger partial charge is 0.316 e. The van der Waals surface area contributed by atoms with E-state index in [-0.39, 0.29) is 0 Å². The molecule has 1 aromatic rings. The van der Waals surface area contributed by atoms with E-state index in [0.29, 0.717) is 12.6 Å². The number of hydrogen-bond acceptors (Lipinski definition) is 4. The molecule has 4 nitrogen and oxygen atoms in total. The SMILES string of the molecule is CCN(CC)CCOc1ncc(Br)cn1. The molecule has 0 atom stereocenters. The highest BCUT2D eigenvalue weighted by molar-refractivity contribution is 9.10. The van der Waals surface area contributed by atoms with Gasteiger partial charge in [0.05, 0.1) is 4.47 Å². The first kappa shape index (κ1) is 12.4. The van der Waals surface area contributed by atoms with Crippen LogP contribution in [-0.2, 0) is 0 Å². The Labute approximate surface area is 98.8 Å². The largest absolute Gasteiger partial charge is 0.462 e. The zero-order chi connectivity index (χ0) is 11.1. The van der Waals surface area contributed by atoms with Crippen molar-refractivity contribution in [2.75, 3.05) is 26.2 Å². The molecule has 1 heterocycles. The minimum Gasteiger partial charge on any atom is -0.462 e. The van der Waals surface area contributed by atoms with Gasteiger partial charge in [0.1, 0.15) is 6.61 Å². The first-order valence-electron chi connectivity index (χ1n) is 5.09. The van der Waals surface area contributed by atoms with E-state index in [0.717, 1.165) is 24.1 Å². The lowest BCUT2D eigenvalue weighted by Crippen LogP contribution is -2.28. The molecule has 0 fully saturated rings. The molecule has 0 spiro atoms. The molecule has 0 aliphatic rings. The van der Waals surface area contributed by atoms with Crippen molar-refractivity contribution in [1.29, 1.82) is 0 Å². The number of ether oxygens (including phenoxy) is 1. The molecule has 0 saturated heterocycles. The lowest BCUT2D eigenvalue weighted by Gasteiger charge is -2.17. The second-order valence-electron chi connectivity index (χ2n) is 3.06. The van der Waals surface area contributed by atoms with Gasteiger partial charge in [-0.3, -0.25) is 0 Å².